The van der Waals surface area contributed by atoms with E-state index in [0.29, 0.717) is 32.0 Å². The van der Waals surface area contributed by atoms with Crippen LogP contribution in [0.1, 0.15) is 85.7 Å². The van der Waals surface area contributed by atoms with Crippen LogP contribution in [0.5, 0.6) is 5.75 Å². The first-order valence-corrected chi connectivity index (χ1v) is 15.8. The fourth-order valence-corrected chi connectivity index (χ4v) is 5.34. The van der Waals surface area contributed by atoms with Gasteiger partial charge in [0.25, 0.3) is 0 Å². The Balaban J connectivity index is 0.00000675. The van der Waals surface area contributed by atoms with Gasteiger partial charge in [-0.25, -0.2) is 4.79 Å². The van der Waals surface area contributed by atoms with Gasteiger partial charge >= 0.3 is 6.09 Å². The molecule has 1 aliphatic carbocycles. The molecule has 0 bridgehead atoms. The van der Waals surface area contributed by atoms with Gasteiger partial charge in [-0.15, -0.1) is 0 Å². The Morgan fingerprint density at radius 2 is 1.86 bits per heavy atom. The van der Waals surface area contributed by atoms with E-state index in [1.54, 1.807) is 19.1 Å². The molecule has 2 aliphatic rings. The molecule has 43 heavy (non-hydrogen) atoms. The Hall–Kier alpha value is -3.07. The van der Waals surface area contributed by atoms with Crippen molar-refractivity contribution >= 4 is 24.0 Å². The Morgan fingerprint density at radius 3 is 2.49 bits per heavy atom. The second-order valence-electron chi connectivity index (χ2n) is 13.3. The number of piperidine rings is 1. The summed E-state index contributed by atoms with van der Waals surface area (Å²) in [6.45, 7) is 11.9. The van der Waals surface area contributed by atoms with Gasteiger partial charge in [-0.1, -0.05) is 32.1 Å². The first-order valence-electron chi connectivity index (χ1n) is 15.8. The van der Waals surface area contributed by atoms with Gasteiger partial charge in [0, 0.05) is 52.9 Å². The topological polar surface area (TPSA) is 97.4 Å². The highest BCUT2D eigenvalue weighted by Gasteiger charge is 2.42. The number of ether oxygens (including phenoxy) is 3. The summed E-state index contributed by atoms with van der Waals surface area (Å²) in [5.41, 5.74) is 1.31. The summed E-state index contributed by atoms with van der Waals surface area (Å²) in [6.07, 6.45) is 8.72. The molecule has 0 aromatic heterocycles. The molecule has 0 unspecified atom stereocenters. The molecule has 1 aromatic rings. The molecule has 3 amide bonds. The SMILES string of the molecule is COCCCC=Cc1cc(CN(C(=O)[C@H]2C[C@H](C(=O)NCCC(C)C)CN(C(=O)OC(C)(C)C)C2)C2CC2)ccc1OC.[HH]. The standard InChI is InChI=1S/C34H53N3O6.H2/c1-24(2)16-17-35-31(38)27-20-28(23-36(22-27)33(40)43-34(3,4)5)32(39)37(29-13-14-29)21-25-12-15-30(42-7)26(19-25)11-9-8-10-18-41-6;/h9,11-12,15,19,24,27-29H,8,10,13-14,16-18,20-23H2,1-7H3,(H,35,38);1H/t27-,28-;/m0./s1. The van der Waals surface area contributed by atoms with Crippen LogP contribution in [0.4, 0.5) is 4.79 Å². The maximum absolute atomic E-state index is 14.2. The summed E-state index contributed by atoms with van der Waals surface area (Å²) >= 11 is 0. The number of allylic oxidation sites excluding steroid dienone is 1. The van der Waals surface area contributed by atoms with Crippen LogP contribution in [0.25, 0.3) is 6.08 Å². The number of carbonyl (C=O) groups excluding carboxylic acids is 3. The lowest BCUT2D eigenvalue weighted by atomic mass is 9.87. The van der Waals surface area contributed by atoms with E-state index in [1.165, 1.54) is 0 Å². The third kappa shape index (κ3) is 11.2. The monoisotopic (exact) mass is 601 g/mol. The zero-order valence-corrected chi connectivity index (χ0v) is 27.3. The molecular formula is C34H55N3O6. The molecule has 242 valence electrons. The van der Waals surface area contributed by atoms with Crippen molar-refractivity contribution in [3.8, 4) is 5.75 Å². The Kier molecular flexibility index (Phi) is 12.9. The molecule has 2 fully saturated rings. The van der Waals surface area contributed by atoms with Crippen molar-refractivity contribution in [1.82, 2.24) is 15.1 Å². The van der Waals surface area contributed by atoms with Gasteiger partial charge in [-0.2, -0.15) is 0 Å². The third-order valence-electron chi connectivity index (χ3n) is 7.78. The summed E-state index contributed by atoms with van der Waals surface area (Å²) in [4.78, 5) is 44.0. The number of likely N-dealkylation sites (tertiary alicyclic amines) is 1. The van der Waals surface area contributed by atoms with Crippen LogP contribution < -0.4 is 10.1 Å². The molecule has 9 nitrogen and oxygen atoms in total. The summed E-state index contributed by atoms with van der Waals surface area (Å²) in [5, 5.41) is 3.03. The molecule has 0 spiro atoms. The molecule has 3 rings (SSSR count). The first kappa shape index (κ1) is 34.4. The van der Waals surface area contributed by atoms with Crippen LogP contribution in [0.15, 0.2) is 24.3 Å². The molecule has 0 radical (unpaired) electrons. The number of nitrogens with zero attached hydrogens (tertiary/aromatic N) is 2. The van der Waals surface area contributed by atoms with Gasteiger partial charge in [-0.3, -0.25) is 9.59 Å². The van der Waals surface area contributed by atoms with E-state index in [2.05, 4.69) is 37.4 Å². The Labute approximate surface area is 259 Å². The number of unbranched alkanes of at least 4 members (excludes halogenated alkanes) is 1. The van der Waals surface area contributed by atoms with Crippen molar-refractivity contribution in [2.75, 3.05) is 40.5 Å². The van der Waals surface area contributed by atoms with E-state index >= 15 is 0 Å². The van der Waals surface area contributed by atoms with Gasteiger partial charge < -0.3 is 29.3 Å². The smallest absolute Gasteiger partial charge is 0.410 e. The number of carbonyl (C=O) groups is 3. The number of benzene rings is 1. The molecule has 9 heteroatoms. The Morgan fingerprint density at radius 1 is 1.14 bits per heavy atom. The maximum Gasteiger partial charge on any atom is 0.410 e. The van der Waals surface area contributed by atoms with Crippen molar-refractivity contribution in [2.45, 2.75) is 91.3 Å². The third-order valence-corrected chi connectivity index (χ3v) is 7.78. The van der Waals surface area contributed by atoms with Crippen molar-refractivity contribution in [1.29, 1.82) is 0 Å². The molecular weight excluding hydrogens is 546 g/mol. The van der Waals surface area contributed by atoms with Gasteiger partial charge in [0.15, 0.2) is 0 Å². The highest BCUT2D eigenvalue weighted by molar-refractivity contribution is 5.84. The van der Waals surface area contributed by atoms with Gasteiger partial charge in [0.2, 0.25) is 11.8 Å². The van der Waals surface area contributed by atoms with Gasteiger partial charge in [0.05, 0.1) is 18.9 Å². The van der Waals surface area contributed by atoms with E-state index in [4.69, 9.17) is 14.2 Å². The summed E-state index contributed by atoms with van der Waals surface area (Å²) in [6, 6.07) is 6.19. The van der Waals surface area contributed by atoms with Crippen molar-refractivity contribution in [2.24, 2.45) is 17.8 Å². The molecule has 1 aromatic carbocycles. The normalized spacial score (nSPS) is 19.0. The lowest BCUT2D eigenvalue weighted by molar-refractivity contribution is -0.140. The molecule has 1 saturated carbocycles. The predicted molar refractivity (Wildman–Crippen MR) is 171 cm³/mol. The van der Waals surface area contributed by atoms with Crippen LogP contribution in [0.2, 0.25) is 0 Å². The quantitative estimate of drug-likeness (QED) is 0.267. The number of nitrogens with one attached hydrogen (secondary N) is 1. The van der Waals surface area contributed by atoms with Crippen molar-refractivity contribution in [3.05, 3.63) is 35.4 Å². The van der Waals surface area contributed by atoms with Gasteiger partial charge in [-0.05, 0) is 82.9 Å². The number of hydrogen-bond donors (Lipinski definition) is 1. The number of methoxy groups -OCH3 is 2. The van der Waals surface area contributed by atoms with Crippen LogP contribution in [-0.4, -0.2) is 79.8 Å². The lowest BCUT2D eigenvalue weighted by Crippen LogP contribution is -2.53. The zero-order chi connectivity index (χ0) is 31.6. The molecule has 1 aliphatic heterocycles. The first-order chi connectivity index (χ1) is 20.4. The van der Waals surface area contributed by atoms with E-state index in [0.717, 1.165) is 49.0 Å². The second kappa shape index (κ2) is 16.1. The fraction of sp³-hybridized carbons (Fsp3) is 0.676. The van der Waals surface area contributed by atoms with Crippen LogP contribution in [-0.2, 0) is 25.6 Å². The number of amides is 3. The second-order valence-corrected chi connectivity index (χ2v) is 13.3. The average molecular weight is 602 g/mol. The largest absolute Gasteiger partial charge is 0.496 e. The minimum atomic E-state index is -0.673. The number of rotatable bonds is 14. The van der Waals surface area contributed by atoms with E-state index in [9.17, 15) is 14.4 Å². The average Bonchev–Trinajstić information content (AvgIpc) is 3.79. The van der Waals surface area contributed by atoms with Crippen LogP contribution in [0, 0.1) is 17.8 Å². The van der Waals surface area contributed by atoms with E-state index in [1.807, 2.05) is 37.8 Å². The van der Waals surface area contributed by atoms with E-state index < -0.39 is 23.5 Å². The fourth-order valence-electron chi connectivity index (χ4n) is 5.34. The molecule has 1 saturated heterocycles. The highest BCUT2D eigenvalue weighted by Crippen LogP contribution is 2.34. The summed E-state index contributed by atoms with van der Waals surface area (Å²) in [7, 11) is 3.36. The lowest BCUT2D eigenvalue weighted by Gasteiger charge is -2.39. The molecule has 1 N–H and O–H groups in total. The summed E-state index contributed by atoms with van der Waals surface area (Å²) in [5.74, 6) is 0.170. The Bertz CT molecular complexity index is 1110. The minimum absolute atomic E-state index is 0. The molecule has 2 atom stereocenters. The maximum atomic E-state index is 14.2. The van der Waals surface area contributed by atoms with Gasteiger partial charge in [0.1, 0.15) is 11.4 Å². The van der Waals surface area contributed by atoms with Crippen molar-refractivity contribution in [3.63, 3.8) is 0 Å². The van der Waals surface area contributed by atoms with E-state index in [-0.39, 0.29) is 32.4 Å². The minimum Gasteiger partial charge on any atom is -0.496 e. The number of hydrogen-bond acceptors (Lipinski definition) is 6. The van der Waals surface area contributed by atoms with Crippen LogP contribution in [0.3, 0.4) is 0 Å². The predicted octanol–water partition coefficient (Wildman–Crippen LogP) is 5.91. The highest BCUT2D eigenvalue weighted by atomic mass is 16.6. The van der Waals surface area contributed by atoms with Crippen molar-refractivity contribution < 1.29 is 30.0 Å². The summed E-state index contributed by atoms with van der Waals surface area (Å²) < 4.78 is 16.4. The zero-order valence-electron chi connectivity index (χ0n) is 27.3. The molecule has 1 heterocycles. The van der Waals surface area contributed by atoms with Crippen LogP contribution >= 0.6 is 0 Å².